The number of nitrogens with zero attached hydrogens (tertiary/aromatic N) is 1. The van der Waals surface area contributed by atoms with Crippen molar-refractivity contribution in [1.82, 2.24) is 4.98 Å². The Kier molecular flexibility index (Phi) is 4.18. The molecule has 0 aliphatic rings. The largest absolute Gasteiger partial charge is 0.327 e. The second-order valence-corrected chi connectivity index (χ2v) is 4.03. The van der Waals surface area contributed by atoms with Gasteiger partial charge in [0.05, 0.1) is 6.20 Å². The Labute approximate surface area is 81.7 Å². The van der Waals surface area contributed by atoms with Gasteiger partial charge in [-0.05, 0) is 18.6 Å². The first-order chi connectivity index (χ1) is 6.18. The molecule has 72 valence electrons. The molecule has 0 aliphatic carbocycles. The van der Waals surface area contributed by atoms with Crippen LogP contribution in [0.15, 0.2) is 18.5 Å². The third kappa shape index (κ3) is 4.24. The number of thioether (sulfide) groups is 1. The van der Waals surface area contributed by atoms with E-state index in [0.29, 0.717) is 0 Å². The molecule has 13 heavy (non-hydrogen) atoms. The number of rotatable bonds is 4. The Morgan fingerprint density at radius 1 is 1.62 bits per heavy atom. The number of halogens is 1. The summed E-state index contributed by atoms with van der Waals surface area (Å²) < 4.78 is 12.7. The van der Waals surface area contributed by atoms with Crippen LogP contribution >= 0.6 is 11.8 Å². The molecule has 0 saturated carbocycles. The van der Waals surface area contributed by atoms with Gasteiger partial charge in [-0.1, -0.05) is 0 Å². The van der Waals surface area contributed by atoms with Gasteiger partial charge in [0.15, 0.2) is 0 Å². The summed E-state index contributed by atoms with van der Waals surface area (Å²) in [6.45, 7) is 1.96. The van der Waals surface area contributed by atoms with Crippen molar-refractivity contribution in [2.24, 2.45) is 5.73 Å². The van der Waals surface area contributed by atoms with Gasteiger partial charge in [0.2, 0.25) is 0 Å². The van der Waals surface area contributed by atoms with Gasteiger partial charge in [-0.2, -0.15) is 11.8 Å². The quantitative estimate of drug-likeness (QED) is 0.805. The van der Waals surface area contributed by atoms with Crippen LogP contribution in [0.4, 0.5) is 4.39 Å². The zero-order valence-electron chi connectivity index (χ0n) is 7.53. The zero-order chi connectivity index (χ0) is 9.68. The van der Waals surface area contributed by atoms with E-state index in [4.69, 9.17) is 5.73 Å². The molecule has 0 spiro atoms. The van der Waals surface area contributed by atoms with Gasteiger partial charge in [0.1, 0.15) is 5.82 Å². The molecule has 0 saturated heterocycles. The minimum absolute atomic E-state index is 0.187. The van der Waals surface area contributed by atoms with E-state index in [1.54, 1.807) is 18.0 Å². The fraction of sp³-hybridized carbons (Fsp3) is 0.444. The standard InChI is InChI=1S/C9H13FN2S/c1-7(11)5-13-6-8-2-9(10)4-12-3-8/h2-4,7H,5-6,11H2,1H3. The molecule has 1 aromatic rings. The van der Waals surface area contributed by atoms with Crippen molar-refractivity contribution < 1.29 is 4.39 Å². The Bertz CT molecular complexity index is 266. The van der Waals surface area contributed by atoms with Crippen LogP contribution in [0, 0.1) is 5.82 Å². The Hall–Kier alpha value is -0.610. The molecule has 0 amide bonds. The Morgan fingerprint density at radius 3 is 3.00 bits per heavy atom. The molecule has 0 radical (unpaired) electrons. The van der Waals surface area contributed by atoms with E-state index < -0.39 is 0 Å². The molecule has 0 aliphatic heterocycles. The predicted molar refractivity (Wildman–Crippen MR) is 54.0 cm³/mol. The van der Waals surface area contributed by atoms with E-state index in [2.05, 4.69) is 4.98 Å². The van der Waals surface area contributed by atoms with Gasteiger partial charge in [-0.3, -0.25) is 4.98 Å². The van der Waals surface area contributed by atoms with Crippen LogP contribution in [0.1, 0.15) is 12.5 Å². The molecule has 0 aromatic carbocycles. The van der Waals surface area contributed by atoms with Gasteiger partial charge >= 0.3 is 0 Å². The van der Waals surface area contributed by atoms with E-state index in [-0.39, 0.29) is 11.9 Å². The lowest BCUT2D eigenvalue weighted by atomic mass is 10.3. The number of pyridine rings is 1. The van der Waals surface area contributed by atoms with Crippen molar-refractivity contribution in [3.05, 3.63) is 29.8 Å². The summed E-state index contributed by atoms with van der Waals surface area (Å²) in [5, 5.41) is 0. The summed E-state index contributed by atoms with van der Waals surface area (Å²) in [7, 11) is 0. The molecule has 1 heterocycles. The van der Waals surface area contributed by atoms with Gasteiger partial charge in [-0.25, -0.2) is 4.39 Å². The van der Waals surface area contributed by atoms with Gasteiger partial charge < -0.3 is 5.73 Å². The molecular formula is C9H13FN2S. The van der Waals surface area contributed by atoms with Gasteiger partial charge in [0.25, 0.3) is 0 Å². The maximum Gasteiger partial charge on any atom is 0.141 e. The summed E-state index contributed by atoms with van der Waals surface area (Å²) in [6, 6.07) is 1.69. The first-order valence-corrected chi connectivity index (χ1v) is 5.26. The van der Waals surface area contributed by atoms with Crippen molar-refractivity contribution in [2.45, 2.75) is 18.7 Å². The highest BCUT2D eigenvalue weighted by atomic mass is 32.2. The maximum absolute atomic E-state index is 12.7. The smallest absolute Gasteiger partial charge is 0.141 e. The minimum atomic E-state index is -0.279. The zero-order valence-corrected chi connectivity index (χ0v) is 8.35. The lowest BCUT2D eigenvalue weighted by Crippen LogP contribution is -2.17. The summed E-state index contributed by atoms with van der Waals surface area (Å²) in [4.78, 5) is 3.76. The normalized spacial score (nSPS) is 12.8. The van der Waals surface area contributed by atoms with Crippen LogP contribution in [0.5, 0.6) is 0 Å². The minimum Gasteiger partial charge on any atom is -0.327 e. The fourth-order valence-electron chi connectivity index (χ4n) is 0.897. The van der Waals surface area contributed by atoms with Crippen LogP contribution in [-0.4, -0.2) is 16.8 Å². The molecule has 0 bridgehead atoms. The predicted octanol–water partition coefficient (Wildman–Crippen LogP) is 1.80. The Balaban J connectivity index is 2.37. The summed E-state index contributed by atoms with van der Waals surface area (Å²) in [5.41, 5.74) is 6.48. The van der Waals surface area contributed by atoms with E-state index in [0.717, 1.165) is 17.1 Å². The first kappa shape index (κ1) is 10.5. The summed E-state index contributed by atoms with van der Waals surface area (Å²) >= 11 is 1.69. The number of nitrogens with two attached hydrogens (primary N) is 1. The highest BCUT2D eigenvalue weighted by molar-refractivity contribution is 7.98. The van der Waals surface area contributed by atoms with E-state index in [9.17, 15) is 4.39 Å². The topological polar surface area (TPSA) is 38.9 Å². The molecule has 1 aromatic heterocycles. The second-order valence-electron chi connectivity index (χ2n) is 3.00. The molecule has 1 atom stereocenters. The van der Waals surface area contributed by atoms with Crippen molar-refractivity contribution >= 4 is 11.8 Å². The lowest BCUT2D eigenvalue weighted by Gasteiger charge is -2.04. The molecule has 1 rings (SSSR count). The average molecular weight is 200 g/mol. The first-order valence-electron chi connectivity index (χ1n) is 4.11. The molecule has 0 fully saturated rings. The molecule has 2 nitrogen and oxygen atoms in total. The Morgan fingerprint density at radius 2 is 2.38 bits per heavy atom. The highest BCUT2D eigenvalue weighted by Gasteiger charge is 1.98. The lowest BCUT2D eigenvalue weighted by molar-refractivity contribution is 0.619. The van der Waals surface area contributed by atoms with Crippen molar-refractivity contribution in [3.8, 4) is 0 Å². The molecule has 1 unspecified atom stereocenters. The number of aromatic nitrogens is 1. The van der Waals surface area contributed by atoms with E-state index in [1.165, 1.54) is 12.3 Å². The van der Waals surface area contributed by atoms with Gasteiger partial charge in [-0.15, -0.1) is 0 Å². The molecule has 2 N–H and O–H groups in total. The summed E-state index contributed by atoms with van der Waals surface area (Å²) in [6.07, 6.45) is 2.89. The SMILES string of the molecule is CC(N)CSCc1cncc(F)c1. The highest BCUT2D eigenvalue weighted by Crippen LogP contribution is 2.12. The third-order valence-corrected chi connectivity index (χ3v) is 2.71. The van der Waals surface area contributed by atoms with Gasteiger partial charge in [0, 0.05) is 23.7 Å². The third-order valence-electron chi connectivity index (χ3n) is 1.41. The van der Waals surface area contributed by atoms with E-state index in [1.807, 2.05) is 6.92 Å². The number of hydrogen-bond acceptors (Lipinski definition) is 3. The van der Waals surface area contributed by atoms with Crippen LogP contribution in [0.3, 0.4) is 0 Å². The molecule has 4 heteroatoms. The average Bonchev–Trinajstić information content (AvgIpc) is 2.03. The van der Waals surface area contributed by atoms with Crippen LogP contribution in [0.25, 0.3) is 0 Å². The van der Waals surface area contributed by atoms with Crippen molar-refractivity contribution in [2.75, 3.05) is 5.75 Å². The van der Waals surface area contributed by atoms with E-state index >= 15 is 0 Å². The maximum atomic E-state index is 12.7. The van der Waals surface area contributed by atoms with Crippen LogP contribution in [-0.2, 0) is 5.75 Å². The van der Waals surface area contributed by atoms with Crippen LogP contribution < -0.4 is 5.73 Å². The van der Waals surface area contributed by atoms with Crippen LogP contribution in [0.2, 0.25) is 0 Å². The monoisotopic (exact) mass is 200 g/mol. The fourth-order valence-corrected chi connectivity index (χ4v) is 1.78. The van der Waals surface area contributed by atoms with Crippen molar-refractivity contribution in [1.29, 1.82) is 0 Å². The second kappa shape index (κ2) is 5.19. The van der Waals surface area contributed by atoms with Crippen molar-refractivity contribution in [3.63, 3.8) is 0 Å². The molecular weight excluding hydrogens is 187 g/mol. The summed E-state index contributed by atoms with van der Waals surface area (Å²) in [5.74, 6) is 1.38. The number of hydrogen-bond donors (Lipinski definition) is 1.